The van der Waals surface area contributed by atoms with E-state index < -0.39 is 0 Å². The molecule has 30 heavy (non-hydrogen) atoms. The van der Waals surface area contributed by atoms with E-state index in [1.165, 1.54) is 11.6 Å². The number of aryl methyl sites for hydroxylation is 1. The quantitative estimate of drug-likeness (QED) is 0.409. The van der Waals surface area contributed by atoms with E-state index in [0.717, 1.165) is 28.2 Å². The van der Waals surface area contributed by atoms with Gasteiger partial charge in [-0.25, -0.2) is 4.39 Å². The molecule has 0 amide bonds. The Labute approximate surface area is 184 Å². The molecule has 5 heteroatoms. The first-order valence-electron chi connectivity index (χ1n) is 10.0. The Morgan fingerprint density at radius 3 is 2.33 bits per heavy atom. The smallest absolute Gasteiger partial charge is 0.161 e. The first kappa shape index (κ1) is 23.7. The fourth-order valence-electron chi connectivity index (χ4n) is 3.05. The maximum atomic E-state index is 13.7. The molecule has 3 rings (SSSR count). The Balaban J connectivity index is 0.00000320. The number of hydrogen-bond donors (Lipinski definition) is 1. The highest BCUT2D eigenvalue weighted by Crippen LogP contribution is 2.29. The van der Waals surface area contributed by atoms with Crippen LogP contribution in [-0.4, -0.2) is 13.2 Å². The van der Waals surface area contributed by atoms with E-state index in [-0.39, 0.29) is 18.2 Å². The molecule has 0 fully saturated rings. The molecule has 0 bridgehead atoms. The number of benzene rings is 3. The minimum absolute atomic E-state index is 0. The van der Waals surface area contributed by atoms with Crippen molar-refractivity contribution in [3.05, 3.63) is 94.8 Å². The molecular weight excluding hydrogens is 401 g/mol. The van der Waals surface area contributed by atoms with Crippen LogP contribution < -0.4 is 14.8 Å². The SMILES string of the molecule is CCOc1cc(CNCCc2ccccc2F)ccc1OCc1ccc(C)cc1.Cl. The van der Waals surface area contributed by atoms with Gasteiger partial charge in [-0.3, -0.25) is 0 Å². The van der Waals surface area contributed by atoms with Gasteiger partial charge in [-0.05, 0) is 61.7 Å². The Bertz CT molecular complexity index is 915. The van der Waals surface area contributed by atoms with Crippen LogP contribution in [-0.2, 0) is 19.6 Å². The summed E-state index contributed by atoms with van der Waals surface area (Å²) in [6.45, 7) is 6.50. The molecule has 0 saturated heterocycles. The van der Waals surface area contributed by atoms with Crippen LogP contribution in [0.3, 0.4) is 0 Å². The summed E-state index contributed by atoms with van der Waals surface area (Å²) in [5.74, 6) is 1.33. The third-order valence-corrected chi connectivity index (χ3v) is 4.68. The zero-order chi connectivity index (χ0) is 20.5. The average molecular weight is 430 g/mol. The lowest BCUT2D eigenvalue weighted by molar-refractivity contribution is 0.269. The molecule has 0 aromatic heterocycles. The zero-order valence-electron chi connectivity index (χ0n) is 17.5. The van der Waals surface area contributed by atoms with Gasteiger partial charge in [0.05, 0.1) is 6.61 Å². The van der Waals surface area contributed by atoms with Crippen LogP contribution in [0, 0.1) is 12.7 Å². The third-order valence-electron chi connectivity index (χ3n) is 4.68. The molecule has 0 saturated carbocycles. The average Bonchev–Trinajstić information content (AvgIpc) is 2.73. The molecule has 0 unspecified atom stereocenters. The highest BCUT2D eigenvalue weighted by Gasteiger charge is 2.08. The Hall–Kier alpha value is -2.56. The van der Waals surface area contributed by atoms with E-state index in [9.17, 15) is 4.39 Å². The fraction of sp³-hybridized carbons (Fsp3) is 0.280. The van der Waals surface area contributed by atoms with Crippen LogP contribution >= 0.6 is 12.4 Å². The van der Waals surface area contributed by atoms with Gasteiger partial charge in [0.1, 0.15) is 12.4 Å². The van der Waals surface area contributed by atoms with Crippen LogP contribution in [0.15, 0.2) is 66.7 Å². The molecule has 0 atom stereocenters. The molecule has 3 aromatic rings. The van der Waals surface area contributed by atoms with Crippen molar-refractivity contribution in [1.82, 2.24) is 5.32 Å². The van der Waals surface area contributed by atoms with Gasteiger partial charge in [-0.1, -0.05) is 54.1 Å². The standard InChI is InChI=1S/C25H28FNO2.ClH/c1-3-28-25-16-21(17-27-15-14-22-6-4-5-7-23(22)26)12-13-24(25)29-18-20-10-8-19(2)9-11-20;/h4-13,16,27H,3,14-15,17-18H2,1-2H3;1H. The second kappa shape index (κ2) is 12.2. The van der Waals surface area contributed by atoms with E-state index in [1.54, 1.807) is 6.07 Å². The van der Waals surface area contributed by atoms with Gasteiger partial charge in [-0.15, -0.1) is 12.4 Å². The molecule has 3 nitrogen and oxygen atoms in total. The molecule has 0 radical (unpaired) electrons. The van der Waals surface area contributed by atoms with Crippen molar-refractivity contribution in [3.63, 3.8) is 0 Å². The van der Waals surface area contributed by atoms with Gasteiger partial charge >= 0.3 is 0 Å². The van der Waals surface area contributed by atoms with Crippen molar-refractivity contribution in [2.24, 2.45) is 0 Å². The maximum absolute atomic E-state index is 13.7. The van der Waals surface area contributed by atoms with Crippen LogP contribution in [0.4, 0.5) is 4.39 Å². The Morgan fingerprint density at radius 1 is 0.867 bits per heavy atom. The largest absolute Gasteiger partial charge is 0.490 e. The minimum atomic E-state index is -0.150. The monoisotopic (exact) mass is 429 g/mol. The Morgan fingerprint density at radius 2 is 1.60 bits per heavy atom. The van der Waals surface area contributed by atoms with Crippen molar-refractivity contribution >= 4 is 12.4 Å². The molecule has 0 aliphatic rings. The van der Waals surface area contributed by atoms with Crippen molar-refractivity contribution in [2.45, 2.75) is 33.4 Å². The summed E-state index contributed by atoms with van der Waals surface area (Å²) >= 11 is 0. The molecule has 0 spiro atoms. The van der Waals surface area contributed by atoms with E-state index in [1.807, 2.05) is 37.3 Å². The van der Waals surface area contributed by atoms with E-state index in [0.29, 0.717) is 32.7 Å². The van der Waals surface area contributed by atoms with E-state index in [2.05, 4.69) is 36.5 Å². The zero-order valence-corrected chi connectivity index (χ0v) is 18.3. The minimum Gasteiger partial charge on any atom is -0.490 e. The summed E-state index contributed by atoms with van der Waals surface area (Å²) in [5.41, 5.74) is 4.19. The highest BCUT2D eigenvalue weighted by molar-refractivity contribution is 5.85. The van der Waals surface area contributed by atoms with Crippen molar-refractivity contribution in [1.29, 1.82) is 0 Å². The summed E-state index contributed by atoms with van der Waals surface area (Å²) < 4.78 is 25.4. The second-order valence-corrected chi connectivity index (χ2v) is 7.01. The van der Waals surface area contributed by atoms with Crippen molar-refractivity contribution in [3.8, 4) is 11.5 Å². The molecular formula is C25H29ClFNO2. The number of rotatable bonds is 10. The lowest BCUT2D eigenvalue weighted by atomic mass is 10.1. The van der Waals surface area contributed by atoms with Gasteiger partial charge in [0.2, 0.25) is 0 Å². The number of hydrogen-bond acceptors (Lipinski definition) is 3. The normalized spacial score (nSPS) is 10.4. The van der Waals surface area contributed by atoms with Gasteiger partial charge in [0.15, 0.2) is 11.5 Å². The maximum Gasteiger partial charge on any atom is 0.161 e. The fourth-order valence-corrected chi connectivity index (χ4v) is 3.05. The number of ether oxygens (including phenoxy) is 2. The van der Waals surface area contributed by atoms with Crippen LogP contribution in [0.1, 0.15) is 29.2 Å². The summed E-state index contributed by atoms with van der Waals surface area (Å²) in [7, 11) is 0. The highest BCUT2D eigenvalue weighted by atomic mass is 35.5. The molecule has 0 aliphatic heterocycles. The van der Waals surface area contributed by atoms with Gasteiger partial charge in [0.25, 0.3) is 0 Å². The lowest BCUT2D eigenvalue weighted by Gasteiger charge is -2.14. The number of halogens is 2. The van der Waals surface area contributed by atoms with Crippen LogP contribution in [0.2, 0.25) is 0 Å². The topological polar surface area (TPSA) is 30.5 Å². The third kappa shape index (κ3) is 7.05. The van der Waals surface area contributed by atoms with E-state index in [4.69, 9.17) is 9.47 Å². The van der Waals surface area contributed by atoms with E-state index >= 15 is 0 Å². The van der Waals surface area contributed by atoms with Crippen LogP contribution in [0.5, 0.6) is 11.5 Å². The second-order valence-electron chi connectivity index (χ2n) is 7.01. The van der Waals surface area contributed by atoms with Crippen molar-refractivity contribution < 1.29 is 13.9 Å². The summed E-state index contributed by atoms with van der Waals surface area (Å²) in [6.07, 6.45) is 0.655. The van der Waals surface area contributed by atoms with Gasteiger partial charge in [0, 0.05) is 6.54 Å². The number of nitrogens with one attached hydrogen (secondary N) is 1. The summed E-state index contributed by atoms with van der Waals surface area (Å²) in [4.78, 5) is 0. The van der Waals surface area contributed by atoms with Gasteiger partial charge < -0.3 is 14.8 Å². The molecule has 0 aliphatic carbocycles. The first-order chi connectivity index (χ1) is 14.2. The predicted molar refractivity (Wildman–Crippen MR) is 122 cm³/mol. The predicted octanol–water partition coefficient (Wildman–Crippen LogP) is 5.87. The molecule has 0 heterocycles. The molecule has 3 aromatic carbocycles. The summed E-state index contributed by atoms with van der Waals surface area (Å²) in [6, 6.07) is 21.2. The van der Waals surface area contributed by atoms with Crippen LogP contribution in [0.25, 0.3) is 0 Å². The lowest BCUT2D eigenvalue weighted by Crippen LogP contribution is -2.17. The molecule has 1 N–H and O–H groups in total. The molecule has 160 valence electrons. The Kier molecular flexibility index (Phi) is 9.65. The van der Waals surface area contributed by atoms with Crippen molar-refractivity contribution in [2.75, 3.05) is 13.2 Å². The van der Waals surface area contributed by atoms with Gasteiger partial charge in [-0.2, -0.15) is 0 Å². The first-order valence-corrected chi connectivity index (χ1v) is 10.0. The summed E-state index contributed by atoms with van der Waals surface area (Å²) in [5, 5.41) is 3.37.